The van der Waals surface area contributed by atoms with Gasteiger partial charge in [-0.15, -0.1) is 0 Å². The third-order valence-corrected chi connectivity index (χ3v) is 4.52. The van der Waals surface area contributed by atoms with Crippen LogP contribution in [0.4, 0.5) is 0 Å². The highest BCUT2D eigenvalue weighted by molar-refractivity contribution is 6.21. The largest absolute Gasteiger partial charge is 0.496 e. The van der Waals surface area contributed by atoms with E-state index in [4.69, 9.17) is 9.47 Å². The molecule has 0 saturated carbocycles. The van der Waals surface area contributed by atoms with Gasteiger partial charge < -0.3 is 9.47 Å². The maximum atomic E-state index is 13.2. The van der Waals surface area contributed by atoms with Crippen LogP contribution in [0.2, 0.25) is 0 Å². The zero-order valence-electron chi connectivity index (χ0n) is 16.2. The molecular formula is C22H22O6. The monoisotopic (exact) mass is 382 g/mol. The molecule has 2 aromatic rings. The van der Waals surface area contributed by atoms with E-state index in [1.54, 1.807) is 36.4 Å². The van der Waals surface area contributed by atoms with Gasteiger partial charge in [-0.2, -0.15) is 0 Å². The van der Waals surface area contributed by atoms with Crippen molar-refractivity contribution >= 4 is 23.1 Å². The fraction of sp³-hybridized carbons (Fsp3) is 0.273. The molecule has 2 unspecified atom stereocenters. The molecule has 2 atom stereocenters. The normalized spacial score (nSPS) is 12.6. The van der Waals surface area contributed by atoms with Gasteiger partial charge >= 0.3 is 0 Å². The van der Waals surface area contributed by atoms with E-state index in [0.29, 0.717) is 0 Å². The molecule has 0 heterocycles. The van der Waals surface area contributed by atoms with Crippen molar-refractivity contribution in [3.8, 4) is 11.5 Å². The highest BCUT2D eigenvalue weighted by Gasteiger charge is 2.42. The van der Waals surface area contributed by atoms with Crippen LogP contribution >= 0.6 is 0 Å². The number of benzene rings is 2. The molecule has 0 spiro atoms. The summed E-state index contributed by atoms with van der Waals surface area (Å²) in [5.41, 5.74) is 0.286. The van der Waals surface area contributed by atoms with Crippen LogP contribution in [0.5, 0.6) is 11.5 Å². The summed E-state index contributed by atoms with van der Waals surface area (Å²) in [6.07, 6.45) is 0. The number of carbonyl (C=O) groups is 4. The minimum absolute atomic E-state index is 0.143. The van der Waals surface area contributed by atoms with Crippen molar-refractivity contribution in [2.75, 3.05) is 14.2 Å². The molecule has 0 amide bonds. The van der Waals surface area contributed by atoms with E-state index in [1.165, 1.54) is 40.2 Å². The molecule has 0 aliphatic heterocycles. The topological polar surface area (TPSA) is 86.7 Å². The molecular weight excluding hydrogens is 360 g/mol. The van der Waals surface area contributed by atoms with Crippen molar-refractivity contribution in [3.63, 3.8) is 0 Å². The smallest absolute Gasteiger partial charge is 0.178 e. The second kappa shape index (κ2) is 9.08. The Bertz CT molecular complexity index is 839. The number of ketones is 4. The first-order valence-corrected chi connectivity index (χ1v) is 8.68. The average Bonchev–Trinajstić information content (AvgIpc) is 2.70. The molecule has 2 aromatic carbocycles. The van der Waals surface area contributed by atoms with Crippen LogP contribution in [0, 0.1) is 11.8 Å². The Morgan fingerprint density at radius 1 is 0.643 bits per heavy atom. The van der Waals surface area contributed by atoms with Crippen LogP contribution in [-0.2, 0) is 9.59 Å². The summed E-state index contributed by atoms with van der Waals surface area (Å²) in [5.74, 6) is -4.77. The van der Waals surface area contributed by atoms with E-state index in [-0.39, 0.29) is 22.6 Å². The van der Waals surface area contributed by atoms with Gasteiger partial charge in [-0.1, -0.05) is 24.3 Å². The number of Topliss-reactive ketones (excluding diaryl/α,β-unsaturated/α-hetero) is 4. The van der Waals surface area contributed by atoms with Crippen molar-refractivity contribution < 1.29 is 28.7 Å². The standard InChI is InChI=1S/C22H22O6/c1-13(23)19(21(25)15-9-5-7-11-17(15)27-3)20(14(2)24)22(26)16-10-6-8-12-18(16)28-4/h5-12,19-20H,1-4H3. The highest BCUT2D eigenvalue weighted by Crippen LogP contribution is 2.30. The molecule has 6 nitrogen and oxygen atoms in total. The van der Waals surface area contributed by atoms with Crippen LogP contribution in [-0.4, -0.2) is 37.4 Å². The lowest BCUT2D eigenvalue weighted by atomic mass is 9.76. The third-order valence-electron chi connectivity index (χ3n) is 4.52. The van der Waals surface area contributed by atoms with E-state index in [2.05, 4.69) is 0 Å². The van der Waals surface area contributed by atoms with E-state index < -0.39 is 35.0 Å². The number of carbonyl (C=O) groups excluding carboxylic acids is 4. The van der Waals surface area contributed by atoms with Gasteiger partial charge in [0, 0.05) is 0 Å². The van der Waals surface area contributed by atoms with Gasteiger partial charge in [-0.05, 0) is 38.1 Å². The quantitative estimate of drug-likeness (QED) is 0.489. The molecule has 0 radical (unpaired) electrons. The number of para-hydroxylation sites is 2. The van der Waals surface area contributed by atoms with Crippen LogP contribution in [0.15, 0.2) is 48.5 Å². The van der Waals surface area contributed by atoms with Crippen molar-refractivity contribution in [1.82, 2.24) is 0 Å². The Morgan fingerprint density at radius 2 is 0.964 bits per heavy atom. The van der Waals surface area contributed by atoms with E-state index in [1.807, 2.05) is 0 Å². The zero-order chi connectivity index (χ0) is 20.8. The van der Waals surface area contributed by atoms with E-state index in [9.17, 15) is 19.2 Å². The average molecular weight is 382 g/mol. The molecule has 0 fully saturated rings. The number of hydrogen-bond acceptors (Lipinski definition) is 6. The number of methoxy groups -OCH3 is 2. The summed E-state index contributed by atoms with van der Waals surface area (Å²) < 4.78 is 10.4. The molecule has 6 heteroatoms. The molecule has 0 saturated heterocycles. The van der Waals surface area contributed by atoms with Gasteiger partial charge in [0.15, 0.2) is 11.6 Å². The van der Waals surface area contributed by atoms with Gasteiger partial charge in [-0.25, -0.2) is 0 Å². The predicted molar refractivity (Wildman–Crippen MR) is 103 cm³/mol. The Morgan fingerprint density at radius 3 is 1.25 bits per heavy atom. The molecule has 28 heavy (non-hydrogen) atoms. The maximum absolute atomic E-state index is 13.2. The number of ether oxygens (including phenoxy) is 2. The second-order valence-corrected chi connectivity index (χ2v) is 6.31. The van der Waals surface area contributed by atoms with Gasteiger partial charge in [0.2, 0.25) is 0 Å². The second-order valence-electron chi connectivity index (χ2n) is 6.31. The Balaban J connectivity index is 2.57. The maximum Gasteiger partial charge on any atom is 0.178 e. The van der Waals surface area contributed by atoms with Crippen molar-refractivity contribution in [3.05, 3.63) is 59.7 Å². The van der Waals surface area contributed by atoms with Crippen molar-refractivity contribution in [2.45, 2.75) is 13.8 Å². The number of rotatable bonds is 9. The summed E-state index contributed by atoms with van der Waals surface area (Å²) in [6.45, 7) is 2.40. The zero-order valence-corrected chi connectivity index (χ0v) is 16.2. The highest BCUT2D eigenvalue weighted by atomic mass is 16.5. The van der Waals surface area contributed by atoms with Gasteiger partial charge in [0.25, 0.3) is 0 Å². The SMILES string of the molecule is COc1ccccc1C(=O)C(C(C)=O)C(C(C)=O)C(=O)c1ccccc1OC. The lowest BCUT2D eigenvalue weighted by Gasteiger charge is -2.22. The minimum Gasteiger partial charge on any atom is -0.496 e. The van der Waals surface area contributed by atoms with E-state index in [0.717, 1.165) is 0 Å². The summed E-state index contributed by atoms with van der Waals surface area (Å²) in [7, 11) is 2.80. The first-order chi connectivity index (χ1) is 13.3. The molecule has 0 aliphatic carbocycles. The fourth-order valence-electron chi connectivity index (χ4n) is 3.17. The summed E-state index contributed by atoms with van der Waals surface area (Å²) in [6, 6.07) is 12.8. The minimum atomic E-state index is -1.45. The van der Waals surface area contributed by atoms with Gasteiger partial charge in [0.1, 0.15) is 23.1 Å². The number of hydrogen-bond donors (Lipinski definition) is 0. The molecule has 0 bridgehead atoms. The third kappa shape index (κ3) is 4.17. The summed E-state index contributed by atoms with van der Waals surface area (Å²) in [5, 5.41) is 0. The van der Waals surface area contributed by atoms with Crippen molar-refractivity contribution in [1.29, 1.82) is 0 Å². The first kappa shape index (κ1) is 21.0. The van der Waals surface area contributed by atoms with Gasteiger partial charge in [0.05, 0.1) is 37.2 Å². The summed E-state index contributed by atoms with van der Waals surface area (Å²) >= 11 is 0. The molecule has 2 rings (SSSR count). The fourth-order valence-corrected chi connectivity index (χ4v) is 3.17. The lowest BCUT2D eigenvalue weighted by Crippen LogP contribution is -2.39. The molecule has 0 N–H and O–H groups in total. The lowest BCUT2D eigenvalue weighted by molar-refractivity contribution is -0.127. The summed E-state index contributed by atoms with van der Waals surface area (Å²) in [4.78, 5) is 51.1. The van der Waals surface area contributed by atoms with Crippen LogP contribution in [0.25, 0.3) is 0 Å². The Kier molecular flexibility index (Phi) is 6.82. The van der Waals surface area contributed by atoms with Crippen LogP contribution in [0.1, 0.15) is 34.6 Å². The molecule has 0 aliphatic rings. The Hall–Kier alpha value is -3.28. The van der Waals surface area contributed by atoms with Gasteiger partial charge in [-0.3, -0.25) is 19.2 Å². The van der Waals surface area contributed by atoms with Crippen molar-refractivity contribution in [2.24, 2.45) is 11.8 Å². The van der Waals surface area contributed by atoms with E-state index >= 15 is 0 Å². The predicted octanol–water partition coefficient (Wildman–Crippen LogP) is 3.18. The Labute approximate surface area is 163 Å². The van der Waals surface area contributed by atoms with Crippen LogP contribution < -0.4 is 9.47 Å². The molecule has 0 aromatic heterocycles. The first-order valence-electron chi connectivity index (χ1n) is 8.68. The van der Waals surface area contributed by atoms with Crippen LogP contribution in [0.3, 0.4) is 0 Å². The molecule has 146 valence electrons.